The van der Waals surface area contributed by atoms with Crippen molar-refractivity contribution in [3.63, 3.8) is 0 Å². The number of esters is 1. The third kappa shape index (κ3) is 12.9. The van der Waals surface area contributed by atoms with Gasteiger partial charge in [-0.05, 0) is 116 Å². The number of hydrogen-bond acceptors (Lipinski definition) is 29. The first-order valence-electron chi connectivity index (χ1n) is 33.9. The molecule has 0 radical (unpaired) electrons. The van der Waals surface area contributed by atoms with Crippen LogP contribution in [0.3, 0.4) is 0 Å². The molecule has 544 valence electrons. The van der Waals surface area contributed by atoms with Gasteiger partial charge in [-0.25, -0.2) is 0 Å². The van der Waals surface area contributed by atoms with Crippen molar-refractivity contribution in [2.24, 2.45) is 50.2 Å². The van der Waals surface area contributed by atoms with Crippen molar-refractivity contribution < 1.29 is 143 Å². The number of allylic oxidation sites excluding steroid dienone is 2. The van der Waals surface area contributed by atoms with E-state index < -0.39 is 237 Å². The highest BCUT2D eigenvalue weighted by Gasteiger charge is 2.72. The summed E-state index contributed by atoms with van der Waals surface area (Å²) in [5.41, 5.74) is -2.54. The summed E-state index contributed by atoms with van der Waals surface area (Å²) in [6.07, 6.45) is -36.8. The molecule has 30 nitrogen and oxygen atoms in total. The van der Waals surface area contributed by atoms with Crippen LogP contribution in [0.2, 0.25) is 0 Å². The Balaban J connectivity index is 0.868. The fourth-order valence-corrected chi connectivity index (χ4v) is 18.9. The second-order valence-corrected chi connectivity index (χ2v) is 31.4. The van der Waals surface area contributed by atoms with Gasteiger partial charge in [0.25, 0.3) is 0 Å². The average Bonchev–Trinajstić information content (AvgIpc) is 0.672. The summed E-state index contributed by atoms with van der Waals surface area (Å²) in [5, 5.41) is 169. The van der Waals surface area contributed by atoms with Crippen LogP contribution in [0.1, 0.15) is 127 Å². The number of fused-ring (bicyclic) bond motifs is 7. The first kappa shape index (κ1) is 73.8. The summed E-state index contributed by atoms with van der Waals surface area (Å²) in [7, 11) is 0. The van der Waals surface area contributed by atoms with E-state index in [1.165, 1.54) is 20.8 Å². The Bertz CT molecular complexity index is 2730. The largest absolute Gasteiger partial charge is 0.432 e. The van der Waals surface area contributed by atoms with Gasteiger partial charge in [-0.1, -0.05) is 60.1 Å². The Morgan fingerprint density at radius 2 is 1.12 bits per heavy atom. The standard InChI is InChI=1S/C65H105NO29/c1-25-39(72)44(77)48(81)57(88-25)94-52-45(78)40(73)26(2)89-58(52)93-51-33(24-87-54-49(82)50(32(70)23-84-54)92-55-46(79)41(74)30(68)21-85-55)90-53(38(43(51)76)66-27(3)67)91-37-14-15-62(8)34(61(37,6)7)13-16-63(9)35(62)12-11-28-29-19-60(4,5)17-18-65(29,36(71)20-64(28,63)10)59(83)95-56-47(80)42(75)31(69)22-86-56/h11,25-26,29-58,68-82H,12-24H2,1-10H3,(H,66,67)/t25-,26-,29-,30?,31?,32?,33+,34?,35?,36?,37-,38+,39-,40-,41?,42?,43+,44+,45+,46?,47?,48+,49?,50?,51+,52+,53-,54?,55?,56?,57-,58-,62-,63+,64+,65+/m0/s1. The van der Waals surface area contributed by atoms with Gasteiger partial charge in [0.15, 0.2) is 31.5 Å². The summed E-state index contributed by atoms with van der Waals surface area (Å²) in [5.74, 6) is -1.74. The topological polar surface area (TPSA) is 460 Å². The molecule has 0 aromatic rings. The molecule has 0 aromatic carbocycles. The number of hydrogen-bond donors (Lipinski definition) is 16. The Kier molecular flexibility index (Phi) is 21.3. The zero-order chi connectivity index (χ0) is 69.3. The van der Waals surface area contributed by atoms with Gasteiger partial charge in [0.2, 0.25) is 12.2 Å². The van der Waals surface area contributed by atoms with E-state index in [4.69, 9.17) is 56.8 Å². The van der Waals surface area contributed by atoms with E-state index in [-0.39, 0.29) is 35.7 Å². The Morgan fingerprint density at radius 3 is 1.78 bits per heavy atom. The fraction of sp³-hybridized carbons (Fsp3) is 0.938. The molecule has 4 saturated carbocycles. The molecule has 5 aliphatic carbocycles. The first-order chi connectivity index (χ1) is 44.4. The predicted octanol–water partition coefficient (Wildman–Crippen LogP) is -3.30. The molecule has 11 aliphatic rings. The van der Waals surface area contributed by atoms with E-state index in [2.05, 4.69) is 59.9 Å². The van der Waals surface area contributed by atoms with Crippen molar-refractivity contribution >= 4 is 11.9 Å². The number of carbonyl (C=O) groups excluding carboxylic acids is 2. The van der Waals surface area contributed by atoms with E-state index in [1.54, 1.807) is 0 Å². The number of carbonyl (C=O) groups is 2. The summed E-state index contributed by atoms with van der Waals surface area (Å²) in [6, 6.07) is -1.43. The highest BCUT2D eigenvalue weighted by Crippen LogP contribution is 2.76. The molecule has 6 saturated heterocycles. The molecule has 36 atom stereocenters. The lowest BCUT2D eigenvalue weighted by atomic mass is 9.33. The van der Waals surface area contributed by atoms with Gasteiger partial charge >= 0.3 is 5.97 Å². The fourth-order valence-electron chi connectivity index (χ4n) is 18.9. The zero-order valence-corrected chi connectivity index (χ0v) is 55.7. The number of rotatable bonds is 14. The molecular weight excluding hydrogens is 1260 g/mol. The van der Waals surface area contributed by atoms with Gasteiger partial charge in [0.05, 0.1) is 50.8 Å². The molecule has 30 heteroatoms. The molecule has 6 heterocycles. The quantitative estimate of drug-likeness (QED) is 0.0460. The lowest BCUT2D eigenvalue weighted by molar-refractivity contribution is -0.385. The molecule has 16 N–H and O–H groups in total. The summed E-state index contributed by atoms with van der Waals surface area (Å²) >= 11 is 0. The smallest absolute Gasteiger partial charge is 0.317 e. The normalized spacial score (nSPS) is 53.7. The number of aliphatic hydroxyl groups is 15. The zero-order valence-electron chi connectivity index (χ0n) is 55.7. The van der Waals surface area contributed by atoms with E-state index in [9.17, 15) is 86.2 Å². The average molecular weight is 1360 g/mol. The molecule has 11 rings (SSSR count). The van der Waals surface area contributed by atoms with Crippen molar-refractivity contribution in [3.8, 4) is 0 Å². The van der Waals surface area contributed by atoms with Crippen LogP contribution in [-0.2, 0) is 66.4 Å². The monoisotopic (exact) mass is 1360 g/mol. The van der Waals surface area contributed by atoms with Crippen LogP contribution in [0.15, 0.2) is 11.6 Å². The maximum Gasteiger partial charge on any atom is 0.317 e. The van der Waals surface area contributed by atoms with Crippen LogP contribution in [0.5, 0.6) is 0 Å². The van der Waals surface area contributed by atoms with Crippen molar-refractivity contribution in [2.75, 3.05) is 26.4 Å². The summed E-state index contributed by atoms with van der Waals surface area (Å²) in [4.78, 5) is 28.2. The molecular formula is C65H105NO29. The molecule has 10 fully saturated rings. The SMILES string of the molecule is CC(=O)N[C@H]1[C@H](O[C@H]2CC[C@@]3(C)C(CC[C@]4(C)C3CC=C3[C@@H]5CC(C)(C)CC[C@]5(C(=O)OC5OCC(O)C(O)C5O)C(O)C[C@]34C)C2(C)C)O[C@H](COC2OCC(O)C(OC3OCC(O)C(O)C3O)C2O)[C@@H](O[C@@H]2O[C@@H](C)[C@H](O)[C@@H](O)[C@H]2O[C@@H]2O[C@@H](C)[C@H](O)[C@@H](O)[C@H]2O)[C@@H]1O. The Hall–Kier alpha value is -2.36. The van der Waals surface area contributed by atoms with Gasteiger partial charge in [0.1, 0.15) is 121 Å². The van der Waals surface area contributed by atoms with Gasteiger partial charge < -0.3 is 139 Å². The third-order valence-corrected chi connectivity index (χ3v) is 24.8. The lowest BCUT2D eigenvalue weighted by Gasteiger charge is -2.72. The van der Waals surface area contributed by atoms with Crippen molar-refractivity contribution in [1.82, 2.24) is 5.32 Å². The molecule has 0 bridgehead atoms. The van der Waals surface area contributed by atoms with E-state index >= 15 is 0 Å². The minimum atomic E-state index is -1.89. The second-order valence-electron chi connectivity index (χ2n) is 31.4. The van der Waals surface area contributed by atoms with Gasteiger partial charge in [0, 0.05) is 6.92 Å². The van der Waals surface area contributed by atoms with Crippen LogP contribution < -0.4 is 5.32 Å². The van der Waals surface area contributed by atoms with Gasteiger partial charge in [-0.15, -0.1) is 0 Å². The number of nitrogens with one attached hydrogen (secondary N) is 1. The van der Waals surface area contributed by atoms with Crippen LogP contribution in [0.25, 0.3) is 0 Å². The van der Waals surface area contributed by atoms with E-state index in [1.807, 2.05) is 0 Å². The van der Waals surface area contributed by atoms with Crippen LogP contribution in [-0.4, -0.2) is 293 Å². The Labute approximate surface area is 551 Å². The lowest BCUT2D eigenvalue weighted by Crippen LogP contribution is -2.69. The van der Waals surface area contributed by atoms with E-state index in [0.29, 0.717) is 44.9 Å². The number of ether oxygens (including phenoxy) is 12. The third-order valence-electron chi connectivity index (χ3n) is 24.8. The van der Waals surface area contributed by atoms with Crippen molar-refractivity contribution in [3.05, 3.63) is 11.6 Å². The number of aliphatic hydroxyl groups excluding tert-OH is 15. The first-order valence-corrected chi connectivity index (χ1v) is 33.9. The summed E-state index contributed by atoms with van der Waals surface area (Å²) < 4.78 is 73.1. The summed E-state index contributed by atoms with van der Waals surface area (Å²) in [6.45, 7) is 17.5. The van der Waals surface area contributed by atoms with Crippen molar-refractivity contribution in [1.29, 1.82) is 0 Å². The number of amides is 1. The van der Waals surface area contributed by atoms with Crippen LogP contribution >= 0.6 is 0 Å². The maximum atomic E-state index is 14.8. The highest BCUT2D eigenvalue weighted by molar-refractivity contribution is 5.80. The minimum absolute atomic E-state index is 0.0209. The maximum absolute atomic E-state index is 14.8. The van der Waals surface area contributed by atoms with E-state index in [0.717, 1.165) is 12.0 Å². The molecule has 1 amide bonds. The Morgan fingerprint density at radius 1 is 0.537 bits per heavy atom. The molecule has 95 heavy (non-hydrogen) atoms. The van der Waals surface area contributed by atoms with Crippen LogP contribution in [0.4, 0.5) is 0 Å². The molecule has 6 aliphatic heterocycles. The van der Waals surface area contributed by atoms with Crippen molar-refractivity contribution in [2.45, 2.75) is 305 Å². The molecule has 0 spiro atoms. The van der Waals surface area contributed by atoms with Crippen LogP contribution in [0, 0.1) is 50.2 Å². The van der Waals surface area contributed by atoms with Gasteiger partial charge in [-0.3, -0.25) is 9.59 Å². The molecule has 0 aromatic heterocycles. The highest BCUT2D eigenvalue weighted by atomic mass is 16.8. The minimum Gasteiger partial charge on any atom is -0.432 e. The van der Waals surface area contributed by atoms with Gasteiger partial charge in [-0.2, -0.15) is 0 Å². The predicted molar refractivity (Wildman–Crippen MR) is 320 cm³/mol. The molecule has 15 unspecified atom stereocenters. The second kappa shape index (κ2) is 27.4.